The molecule has 0 fully saturated rings. The smallest absolute Gasteiger partial charge is 0.270 e. The predicted octanol–water partition coefficient (Wildman–Crippen LogP) is 3.98. The van der Waals surface area contributed by atoms with Gasteiger partial charge in [-0.15, -0.1) is 0 Å². The molecule has 0 amide bonds. The van der Waals surface area contributed by atoms with Gasteiger partial charge in [0.1, 0.15) is 5.75 Å². The van der Waals surface area contributed by atoms with Crippen LogP contribution in [-0.4, -0.2) is 12.0 Å². The fourth-order valence-electron chi connectivity index (χ4n) is 2.02. The van der Waals surface area contributed by atoms with Gasteiger partial charge in [-0.25, -0.2) is 0 Å². The van der Waals surface area contributed by atoms with Gasteiger partial charge in [0.15, 0.2) is 0 Å². The largest absolute Gasteiger partial charge is 0.496 e. The van der Waals surface area contributed by atoms with Gasteiger partial charge in [0, 0.05) is 17.7 Å². The Morgan fingerprint density at radius 1 is 1.27 bits per heavy atom. The summed E-state index contributed by atoms with van der Waals surface area (Å²) in [5.41, 5.74) is 2.71. The maximum Gasteiger partial charge on any atom is 0.270 e. The number of benzene rings is 2. The molecule has 2 aromatic carbocycles. The summed E-state index contributed by atoms with van der Waals surface area (Å²) >= 11 is 0. The Balaban J connectivity index is 2.53. The highest BCUT2D eigenvalue weighted by Gasteiger charge is 2.11. The highest BCUT2D eigenvalue weighted by molar-refractivity contribution is 5.91. The standard InChI is InChI=1S/C17H14N2O3/c1-12-3-5-13(6-4-12)15(11-18)9-14-10-16(19(20)21)7-8-17(14)22-2/h3-10H,1-2H3/b15-9-. The van der Waals surface area contributed by atoms with Crippen molar-refractivity contribution >= 4 is 17.3 Å². The molecule has 0 atom stereocenters. The van der Waals surface area contributed by atoms with Crippen LogP contribution in [0.4, 0.5) is 5.69 Å². The van der Waals surface area contributed by atoms with E-state index in [1.54, 1.807) is 6.08 Å². The summed E-state index contributed by atoms with van der Waals surface area (Å²) < 4.78 is 5.20. The van der Waals surface area contributed by atoms with Gasteiger partial charge >= 0.3 is 0 Å². The Bertz CT molecular complexity index is 771. The van der Waals surface area contributed by atoms with E-state index in [2.05, 4.69) is 6.07 Å². The highest BCUT2D eigenvalue weighted by Crippen LogP contribution is 2.28. The molecule has 5 heteroatoms. The van der Waals surface area contributed by atoms with Crippen molar-refractivity contribution in [3.63, 3.8) is 0 Å². The lowest BCUT2D eigenvalue weighted by atomic mass is 10.0. The monoisotopic (exact) mass is 294 g/mol. The molecule has 0 aliphatic rings. The highest BCUT2D eigenvalue weighted by atomic mass is 16.6. The number of ether oxygens (including phenoxy) is 1. The summed E-state index contributed by atoms with van der Waals surface area (Å²) in [5, 5.41) is 20.3. The van der Waals surface area contributed by atoms with Gasteiger partial charge in [-0.1, -0.05) is 29.8 Å². The van der Waals surface area contributed by atoms with E-state index >= 15 is 0 Å². The number of nitro groups is 1. The summed E-state index contributed by atoms with van der Waals surface area (Å²) in [5.74, 6) is 0.477. The first-order valence-corrected chi connectivity index (χ1v) is 6.56. The molecule has 22 heavy (non-hydrogen) atoms. The van der Waals surface area contributed by atoms with Crippen molar-refractivity contribution in [1.82, 2.24) is 0 Å². The van der Waals surface area contributed by atoms with Crippen molar-refractivity contribution in [2.45, 2.75) is 6.92 Å². The first-order valence-electron chi connectivity index (χ1n) is 6.56. The van der Waals surface area contributed by atoms with E-state index in [0.717, 1.165) is 11.1 Å². The van der Waals surface area contributed by atoms with Crippen molar-refractivity contribution in [3.8, 4) is 11.8 Å². The van der Waals surface area contributed by atoms with Gasteiger partial charge in [-0.05, 0) is 24.6 Å². The summed E-state index contributed by atoms with van der Waals surface area (Å²) in [6.07, 6.45) is 1.59. The van der Waals surface area contributed by atoms with E-state index < -0.39 is 4.92 Å². The Hall–Kier alpha value is -3.13. The van der Waals surface area contributed by atoms with E-state index in [4.69, 9.17) is 4.74 Å². The maximum absolute atomic E-state index is 10.9. The van der Waals surface area contributed by atoms with E-state index in [0.29, 0.717) is 16.9 Å². The fraction of sp³-hybridized carbons (Fsp3) is 0.118. The number of non-ortho nitro benzene ring substituents is 1. The SMILES string of the molecule is COc1ccc([N+](=O)[O-])cc1/C=C(/C#N)c1ccc(C)cc1. The molecule has 0 aliphatic carbocycles. The van der Waals surface area contributed by atoms with Crippen molar-refractivity contribution < 1.29 is 9.66 Å². The van der Waals surface area contributed by atoms with Crippen LogP contribution >= 0.6 is 0 Å². The van der Waals surface area contributed by atoms with Crippen LogP contribution < -0.4 is 4.74 Å². The number of hydrogen-bond acceptors (Lipinski definition) is 4. The van der Waals surface area contributed by atoms with Crippen LogP contribution in [0.15, 0.2) is 42.5 Å². The van der Waals surface area contributed by atoms with Gasteiger partial charge in [-0.3, -0.25) is 10.1 Å². The first kappa shape index (κ1) is 15.3. The van der Waals surface area contributed by atoms with Crippen LogP contribution in [0.25, 0.3) is 11.6 Å². The normalized spacial score (nSPS) is 10.9. The maximum atomic E-state index is 10.9. The molecule has 0 aromatic heterocycles. The zero-order chi connectivity index (χ0) is 16.1. The third-order valence-corrected chi connectivity index (χ3v) is 3.21. The number of rotatable bonds is 4. The number of allylic oxidation sites excluding steroid dienone is 1. The van der Waals surface area contributed by atoms with Crippen molar-refractivity contribution in [2.24, 2.45) is 0 Å². The molecule has 0 saturated heterocycles. The fourth-order valence-corrected chi connectivity index (χ4v) is 2.02. The molecule has 0 aliphatic heterocycles. The number of hydrogen-bond donors (Lipinski definition) is 0. The molecule has 0 saturated carbocycles. The van der Waals surface area contributed by atoms with Crippen LogP contribution in [0.2, 0.25) is 0 Å². The van der Waals surface area contributed by atoms with Crippen LogP contribution in [0.5, 0.6) is 5.75 Å². The van der Waals surface area contributed by atoms with Crippen LogP contribution in [0.3, 0.4) is 0 Å². The number of nitrogens with zero attached hydrogens (tertiary/aromatic N) is 2. The summed E-state index contributed by atoms with van der Waals surface area (Å²) in [7, 11) is 1.48. The second-order valence-electron chi connectivity index (χ2n) is 4.72. The quantitative estimate of drug-likeness (QED) is 0.370. The lowest BCUT2D eigenvalue weighted by Gasteiger charge is -2.06. The topological polar surface area (TPSA) is 76.2 Å². The zero-order valence-electron chi connectivity index (χ0n) is 12.2. The molecule has 0 heterocycles. The zero-order valence-corrected chi connectivity index (χ0v) is 12.2. The molecule has 0 unspecified atom stereocenters. The Labute approximate surface area is 128 Å². The van der Waals surface area contributed by atoms with Crippen LogP contribution in [0, 0.1) is 28.4 Å². The Kier molecular flexibility index (Phi) is 4.54. The van der Waals surface area contributed by atoms with Crippen molar-refractivity contribution in [1.29, 1.82) is 5.26 Å². The van der Waals surface area contributed by atoms with Crippen molar-refractivity contribution in [2.75, 3.05) is 7.11 Å². The van der Waals surface area contributed by atoms with Crippen LogP contribution in [-0.2, 0) is 0 Å². The minimum Gasteiger partial charge on any atom is -0.496 e. The average Bonchev–Trinajstić information content (AvgIpc) is 2.53. The molecular formula is C17H14N2O3. The Morgan fingerprint density at radius 2 is 1.95 bits per heavy atom. The van der Waals surface area contributed by atoms with Gasteiger partial charge < -0.3 is 4.74 Å². The Morgan fingerprint density at radius 3 is 2.50 bits per heavy atom. The molecule has 110 valence electrons. The summed E-state index contributed by atoms with van der Waals surface area (Å²) in [6.45, 7) is 1.96. The molecule has 5 nitrogen and oxygen atoms in total. The van der Waals surface area contributed by atoms with E-state index in [1.807, 2.05) is 31.2 Å². The van der Waals surface area contributed by atoms with Gasteiger partial charge in [0.05, 0.1) is 23.7 Å². The number of methoxy groups -OCH3 is 1. The second-order valence-corrected chi connectivity index (χ2v) is 4.72. The number of aryl methyl sites for hydroxylation is 1. The minimum absolute atomic E-state index is 0.0479. The third-order valence-electron chi connectivity index (χ3n) is 3.21. The lowest BCUT2D eigenvalue weighted by molar-refractivity contribution is -0.384. The van der Waals surface area contributed by atoms with Gasteiger partial charge in [0.25, 0.3) is 5.69 Å². The molecule has 2 aromatic rings. The van der Waals surface area contributed by atoms with E-state index in [1.165, 1.54) is 25.3 Å². The molecule has 0 N–H and O–H groups in total. The second kappa shape index (κ2) is 6.55. The van der Waals surface area contributed by atoms with E-state index in [-0.39, 0.29) is 5.69 Å². The number of nitro benzene ring substituents is 1. The van der Waals surface area contributed by atoms with Gasteiger partial charge in [-0.2, -0.15) is 5.26 Å². The molecule has 2 rings (SSSR count). The lowest BCUT2D eigenvalue weighted by Crippen LogP contribution is -1.92. The summed E-state index contributed by atoms with van der Waals surface area (Å²) in [6, 6.07) is 13.9. The number of nitriles is 1. The van der Waals surface area contributed by atoms with Crippen LogP contribution in [0.1, 0.15) is 16.7 Å². The third kappa shape index (κ3) is 3.30. The molecule has 0 bridgehead atoms. The van der Waals surface area contributed by atoms with Crippen molar-refractivity contribution in [3.05, 3.63) is 69.3 Å². The summed E-state index contributed by atoms with van der Waals surface area (Å²) in [4.78, 5) is 10.4. The molecule has 0 radical (unpaired) electrons. The predicted molar refractivity (Wildman–Crippen MR) is 84.3 cm³/mol. The molecular weight excluding hydrogens is 280 g/mol. The van der Waals surface area contributed by atoms with E-state index in [9.17, 15) is 15.4 Å². The first-order chi connectivity index (χ1) is 10.5. The van der Waals surface area contributed by atoms with Gasteiger partial charge in [0.2, 0.25) is 0 Å². The minimum atomic E-state index is -0.477. The molecule has 0 spiro atoms. The average molecular weight is 294 g/mol.